The number of hydrogen-bond donors (Lipinski definition) is 1. The largest absolute Gasteiger partial charge is 0.356 e. The maximum absolute atomic E-state index is 13.5. The second-order valence-corrected chi connectivity index (χ2v) is 6.33. The topological polar surface area (TPSA) is 85.1 Å². The second kappa shape index (κ2) is 4.32. The van der Waals surface area contributed by atoms with E-state index in [1.54, 1.807) is 0 Å². The molecular weight excluding hydrogens is 281 g/mol. The van der Waals surface area contributed by atoms with Gasteiger partial charge in [0.05, 0.1) is 5.51 Å². The molecule has 2 rings (SSSR count). The lowest BCUT2D eigenvalue weighted by atomic mass is 10.1. The van der Waals surface area contributed by atoms with E-state index in [1.807, 2.05) is 0 Å². The molecule has 0 unspecified atom stereocenters. The summed E-state index contributed by atoms with van der Waals surface area (Å²) >= 11 is 1.15. The summed E-state index contributed by atoms with van der Waals surface area (Å²) in [6.45, 7) is 2.57. The quantitative estimate of drug-likeness (QED) is 0.932. The van der Waals surface area contributed by atoms with Gasteiger partial charge in [-0.05, 0) is 13.8 Å². The number of nitrogens with zero attached hydrogens (tertiary/aromatic N) is 2. The van der Waals surface area contributed by atoms with E-state index in [4.69, 9.17) is 4.52 Å². The first-order chi connectivity index (χ1) is 8.29. The van der Waals surface area contributed by atoms with Crippen molar-refractivity contribution in [2.75, 3.05) is 4.72 Å². The Hall–Kier alpha value is -1.48. The number of anilines is 1. The third kappa shape index (κ3) is 2.67. The van der Waals surface area contributed by atoms with Gasteiger partial charge in [0, 0.05) is 11.4 Å². The van der Waals surface area contributed by atoms with Gasteiger partial charge in [0.2, 0.25) is 0 Å². The highest BCUT2D eigenvalue weighted by atomic mass is 32.2. The number of halogens is 1. The molecule has 2 aromatic rings. The van der Waals surface area contributed by atoms with Crippen molar-refractivity contribution in [3.05, 3.63) is 22.7 Å². The third-order valence-corrected chi connectivity index (χ3v) is 4.01. The smallest absolute Gasteiger partial charge is 0.281 e. The number of hydrogen-bond acceptors (Lipinski definition) is 6. The van der Waals surface area contributed by atoms with Crippen LogP contribution in [0.1, 0.15) is 19.6 Å². The highest BCUT2D eigenvalue weighted by Crippen LogP contribution is 2.27. The number of sulfonamides is 1. The molecule has 6 nitrogen and oxygen atoms in total. The molecule has 0 aliphatic heterocycles. The van der Waals surface area contributed by atoms with Gasteiger partial charge in [-0.2, -0.15) is 8.42 Å². The highest BCUT2D eigenvalue weighted by Gasteiger charge is 2.26. The summed E-state index contributed by atoms with van der Waals surface area (Å²) in [5.74, 6) is -0.137. The van der Waals surface area contributed by atoms with E-state index in [0.29, 0.717) is 0 Å². The predicted molar refractivity (Wildman–Crippen MR) is 63.6 cm³/mol. The van der Waals surface area contributed by atoms with Gasteiger partial charge in [0.25, 0.3) is 10.0 Å². The number of thiazole rings is 1. The molecule has 0 fully saturated rings. The highest BCUT2D eigenvalue weighted by molar-refractivity contribution is 7.92. The van der Waals surface area contributed by atoms with Crippen LogP contribution in [0.5, 0.6) is 0 Å². The van der Waals surface area contributed by atoms with Crippen LogP contribution in [0.15, 0.2) is 26.5 Å². The van der Waals surface area contributed by atoms with Crippen LogP contribution in [0.2, 0.25) is 0 Å². The lowest BCUT2D eigenvalue weighted by Crippen LogP contribution is -2.13. The van der Waals surface area contributed by atoms with Gasteiger partial charge < -0.3 is 4.52 Å². The SMILES string of the molecule is CC(C)(F)c1cc(NS(=O)(=O)c2cscn2)no1. The Balaban J connectivity index is 2.23. The molecule has 0 amide bonds. The fourth-order valence-corrected chi connectivity index (χ4v) is 2.95. The van der Waals surface area contributed by atoms with Crippen molar-refractivity contribution in [2.24, 2.45) is 0 Å². The maximum Gasteiger partial charge on any atom is 0.281 e. The summed E-state index contributed by atoms with van der Waals surface area (Å²) in [6, 6.07) is 1.20. The van der Waals surface area contributed by atoms with Crippen molar-refractivity contribution in [2.45, 2.75) is 24.5 Å². The van der Waals surface area contributed by atoms with E-state index in [-0.39, 0.29) is 16.6 Å². The Bertz CT molecular complexity index is 628. The van der Waals surface area contributed by atoms with E-state index in [9.17, 15) is 12.8 Å². The van der Waals surface area contributed by atoms with Crippen LogP contribution in [0.25, 0.3) is 0 Å². The van der Waals surface area contributed by atoms with E-state index >= 15 is 0 Å². The summed E-state index contributed by atoms with van der Waals surface area (Å²) in [5, 5.41) is 4.71. The molecule has 2 heterocycles. The van der Waals surface area contributed by atoms with Gasteiger partial charge in [0.1, 0.15) is 0 Å². The van der Waals surface area contributed by atoms with Crippen molar-refractivity contribution in [1.82, 2.24) is 10.1 Å². The minimum Gasteiger partial charge on any atom is -0.356 e. The average Bonchev–Trinajstić information content (AvgIpc) is 2.83. The minimum absolute atomic E-state index is 0.0570. The molecule has 0 atom stereocenters. The molecule has 0 bridgehead atoms. The van der Waals surface area contributed by atoms with Crippen molar-refractivity contribution in [1.29, 1.82) is 0 Å². The van der Waals surface area contributed by atoms with Crippen molar-refractivity contribution in [3.63, 3.8) is 0 Å². The zero-order valence-electron chi connectivity index (χ0n) is 9.55. The van der Waals surface area contributed by atoms with Gasteiger partial charge in [-0.3, -0.25) is 4.72 Å². The molecule has 0 saturated carbocycles. The molecule has 0 radical (unpaired) electrons. The molecule has 0 aromatic carbocycles. The zero-order valence-corrected chi connectivity index (χ0v) is 11.2. The Morgan fingerprint density at radius 2 is 2.22 bits per heavy atom. The van der Waals surface area contributed by atoms with Gasteiger partial charge in [0.15, 0.2) is 22.3 Å². The number of rotatable bonds is 4. The molecule has 0 aliphatic carbocycles. The molecule has 98 valence electrons. The second-order valence-electron chi connectivity index (χ2n) is 3.98. The standard InChI is InChI=1S/C9H10FN3O3S2/c1-9(2,10)6-3-7(12-16-6)13-18(14,15)8-4-17-5-11-8/h3-5H,1-2H3,(H,12,13). The molecule has 1 N–H and O–H groups in total. The molecular formula is C9H10FN3O3S2. The van der Waals surface area contributed by atoms with Crippen LogP contribution in [0, 0.1) is 0 Å². The monoisotopic (exact) mass is 291 g/mol. The van der Waals surface area contributed by atoms with Crippen LogP contribution in [0.3, 0.4) is 0 Å². The van der Waals surface area contributed by atoms with E-state index < -0.39 is 15.7 Å². The first-order valence-corrected chi connectivity index (χ1v) is 7.29. The summed E-state index contributed by atoms with van der Waals surface area (Å²) in [5.41, 5.74) is -0.329. The summed E-state index contributed by atoms with van der Waals surface area (Å²) in [4.78, 5) is 3.68. The number of aromatic nitrogens is 2. The van der Waals surface area contributed by atoms with Crippen LogP contribution in [0.4, 0.5) is 10.2 Å². The third-order valence-electron chi connectivity index (χ3n) is 2.02. The molecule has 2 aromatic heterocycles. The van der Waals surface area contributed by atoms with Gasteiger partial charge in [-0.1, -0.05) is 5.16 Å². The lowest BCUT2D eigenvalue weighted by molar-refractivity contribution is 0.163. The van der Waals surface area contributed by atoms with Gasteiger partial charge >= 0.3 is 0 Å². The van der Waals surface area contributed by atoms with E-state index in [0.717, 1.165) is 11.3 Å². The van der Waals surface area contributed by atoms with Crippen LogP contribution in [-0.2, 0) is 15.7 Å². The first kappa shape index (κ1) is 13.0. The van der Waals surface area contributed by atoms with Crippen molar-refractivity contribution >= 4 is 27.2 Å². The Morgan fingerprint density at radius 3 is 2.72 bits per heavy atom. The Morgan fingerprint density at radius 1 is 1.50 bits per heavy atom. The normalized spacial score (nSPS) is 12.6. The van der Waals surface area contributed by atoms with Gasteiger partial charge in [-0.25, -0.2) is 9.37 Å². The Labute approximate surface area is 107 Å². The predicted octanol–water partition coefficient (Wildman–Crippen LogP) is 2.14. The summed E-state index contributed by atoms with van der Waals surface area (Å²) in [7, 11) is -3.80. The van der Waals surface area contributed by atoms with Crippen molar-refractivity contribution in [3.8, 4) is 0 Å². The fraction of sp³-hybridized carbons (Fsp3) is 0.333. The molecule has 9 heteroatoms. The number of alkyl halides is 1. The van der Waals surface area contributed by atoms with Gasteiger partial charge in [-0.15, -0.1) is 11.3 Å². The molecule has 0 saturated heterocycles. The lowest BCUT2D eigenvalue weighted by Gasteiger charge is -2.07. The van der Waals surface area contributed by atoms with Crippen LogP contribution in [-0.4, -0.2) is 18.6 Å². The first-order valence-electron chi connectivity index (χ1n) is 4.86. The van der Waals surface area contributed by atoms with E-state index in [2.05, 4.69) is 14.9 Å². The van der Waals surface area contributed by atoms with E-state index in [1.165, 1.54) is 30.8 Å². The average molecular weight is 291 g/mol. The van der Waals surface area contributed by atoms with Crippen molar-refractivity contribution < 1.29 is 17.3 Å². The molecule has 18 heavy (non-hydrogen) atoms. The zero-order chi connectivity index (χ0) is 13.4. The fourth-order valence-electron chi connectivity index (χ4n) is 1.13. The van der Waals surface area contributed by atoms with Crippen LogP contribution < -0.4 is 4.72 Å². The maximum atomic E-state index is 13.5. The summed E-state index contributed by atoms with van der Waals surface area (Å²) < 4.78 is 44.0. The Kier molecular flexibility index (Phi) is 3.11. The number of nitrogens with one attached hydrogen (secondary N) is 1. The molecule has 0 aliphatic rings. The van der Waals surface area contributed by atoms with Crippen LogP contribution >= 0.6 is 11.3 Å². The summed E-state index contributed by atoms with van der Waals surface area (Å²) in [6.07, 6.45) is 0. The molecule has 0 spiro atoms. The minimum atomic E-state index is -3.80.